The molecule has 1 amide bonds. The Kier molecular flexibility index (Phi) is 3.78. The quantitative estimate of drug-likeness (QED) is 0.895. The van der Waals surface area contributed by atoms with Crippen LogP contribution >= 0.6 is 0 Å². The molecule has 3 rings (SSSR count). The van der Waals surface area contributed by atoms with Crippen molar-refractivity contribution >= 4 is 5.91 Å². The molecule has 1 aromatic rings. The molecule has 0 unspecified atom stereocenters. The number of hydrogen-bond donors (Lipinski definition) is 1. The Hall–Kier alpha value is -1.36. The number of H-pyrrole nitrogens is 1. The zero-order valence-electron chi connectivity index (χ0n) is 12.4. The lowest BCUT2D eigenvalue weighted by Crippen LogP contribution is -2.41. The molecule has 5 nitrogen and oxygen atoms in total. The highest BCUT2D eigenvalue weighted by Gasteiger charge is 2.36. The molecule has 0 aromatic carbocycles. The van der Waals surface area contributed by atoms with Gasteiger partial charge in [0.05, 0.1) is 17.9 Å². The number of likely N-dealkylation sites (tertiary alicyclic amines) is 2. The fourth-order valence-corrected chi connectivity index (χ4v) is 3.51. The van der Waals surface area contributed by atoms with Gasteiger partial charge in [-0.25, -0.2) is 0 Å². The van der Waals surface area contributed by atoms with Crippen molar-refractivity contribution in [3.05, 3.63) is 17.5 Å². The van der Waals surface area contributed by atoms with Gasteiger partial charge in [-0.15, -0.1) is 0 Å². The van der Waals surface area contributed by atoms with Crippen molar-refractivity contribution in [3.8, 4) is 0 Å². The molecule has 20 heavy (non-hydrogen) atoms. The summed E-state index contributed by atoms with van der Waals surface area (Å²) in [4.78, 5) is 17.2. The average molecular weight is 276 g/mol. The minimum atomic E-state index is 0.213. The van der Waals surface area contributed by atoms with Crippen LogP contribution < -0.4 is 0 Å². The maximum atomic E-state index is 12.8. The second-order valence-corrected chi connectivity index (χ2v) is 6.23. The zero-order chi connectivity index (χ0) is 14.1. The third kappa shape index (κ3) is 2.46. The van der Waals surface area contributed by atoms with Gasteiger partial charge in [0.15, 0.2) is 0 Å². The third-order valence-electron chi connectivity index (χ3n) is 4.80. The Labute approximate surface area is 120 Å². The van der Waals surface area contributed by atoms with Crippen molar-refractivity contribution < 1.29 is 4.79 Å². The van der Waals surface area contributed by atoms with Gasteiger partial charge in [-0.1, -0.05) is 0 Å². The normalized spacial score (nSPS) is 25.3. The van der Waals surface area contributed by atoms with Gasteiger partial charge < -0.3 is 9.80 Å². The summed E-state index contributed by atoms with van der Waals surface area (Å²) in [5.74, 6) is 0.574. The largest absolute Gasteiger partial charge is 0.334 e. The first-order valence-corrected chi connectivity index (χ1v) is 7.65. The molecule has 1 atom stereocenters. The smallest absolute Gasteiger partial charge is 0.226 e. The summed E-state index contributed by atoms with van der Waals surface area (Å²) in [6.07, 6.45) is 6.01. The Morgan fingerprint density at radius 1 is 1.30 bits per heavy atom. The van der Waals surface area contributed by atoms with Gasteiger partial charge in [0.1, 0.15) is 0 Å². The fraction of sp³-hybridized carbons (Fsp3) is 0.733. The number of aromatic amines is 1. The Bertz CT molecular complexity index is 476. The molecule has 0 saturated carbocycles. The molecule has 3 heterocycles. The summed E-state index contributed by atoms with van der Waals surface area (Å²) >= 11 is 0. The molecule has 2 saturated heterocycles. The maximum Gasteiger partial charge on any atom is 0.226 e. The predicted molar refractivity (Wildman–Crippen MR) is 77.2 cm³/mol. The number of aryl methyl sites for hydroxylation is 1. The van der Waals surface area contributed by atoms with Crippen molar-refractivity contribution in [2.75, 3.05) is 26.7 Å². The van der Waals surface area contributed by atoms with Crippen molar-refractivity contribution in [1.82, 2.24) is 20.0 Å². The van der Waals surface area contributed by atoms with Crippen LogP contribution in [-0.2, 0) is 4.79 Å². The maximum absolute atomic E-state index is 12.8. The number of nitrogens with one attached hydrogen (secondary N) is 1. The molecule has 5 heteroatoms. The van der Waals surface area contributed by atoms with Crippen molar-refractivity contribution in [2.24, 2.45) is 5.92 Å². The number of hydrogen-bond acceptors (Lipinski definition) is 3. The van der Waals surface area contributed by atoms with Crippen LogP contribution in [0.2, 0.25) is 0 Å². The molecule has 110 valence electrons. The number of piperidine rings is 1. The summed E-state index contributed by atoms with van der Waals surface area (Å²) in [5, 5.41) is 7.20. The average Bonchev–Trinajstić information content (AvgIpc) is 3.07. The lowest BCUT2D eigenvalue weighted by molar-refractivity contribution is -0.138. The molecular weight excluding hydrogens is 252 g/mol. The summed E-state index contributed by atoms with van der Waals surface area (Å²) < 4.78 is 0. The van der Waals surface area contributed by atoms with Crippen molar-refractivity contribution in [3.63, 3.8) is 0 Å². The van der Waals surface area contributed by atoms with Crippen LogP contribution in [0.25, 0.3) is 0 Å². The van der Waals surface area contributed by atoms with Crippen LogP contribution in [0.4, 0.5) is 0 Å². The minimum Gasteiger partial charge on any atom is -0.334 e. The van der Waals surface area contributed by atoms with E-state index in [0.29, 0.717) is 5.91 Å². The number of aromatic nitrogens is 2. The Balaban J connectivity index is 1.72. The summed E-state index contributed by atoms with van der Waals surface area (Å²) in [6, 6.07) is 0.213. The molecule has 1 aromatic heterocycles. The van der Waals surface area contributed by atoms with Crippen molar-refractivity contribution in [1.29, 1.82) is 0 Å². The second-order valence-electron chi connectivity index (χ2n) is 6.23. The van der Waals surface area contributed by atoms with Gasteiger partial charge in [0.25, 0.3) is 0 Å². The van der Waals surface area contributed by atoms with Crippen LogP contribution in [0, 0.1) is 12.8 Å². The molecule has 1 N–H and O–H groups in total. The Morgan fingerprint density at radius 3 is 2.70 bits per heavy atom. The van der Waals surface area contributed by atoms with Gasteiger partial charge in [-0.3, -0.25) is 9.89 Å². The number of amides is 1. The molecule has 2 fully saturated rings. The van der Waals surface area contributed by atoms with E-state index < -0.39 is 0 Å². The van der Waals surface area contributed by atoms with Crippen LogP contribution in [0.15, 0.2) is 6.20 Å². The van der Waals surface area contributed by atoms with E-state index in [4.69, 9.17) is 0 Å². The number of rotatable bonds is 2. The van der Waals surface area contributed by atoms with E-state index in [1.54, 1.807) is 0 Å². The van der Waals surface area contributed by atoms with Crippen molar-refractivity contribution in [2.45, 2.75) is 38.6 Å². The summed E-state index contributed by atoms with van der Waals surface area (Å²) in [6.45, 7) is 5.04. The first-order chi connectivity index (χ1) is 9.66. The number of carbonyl (C=O) groups is 1. The molecule has 0 aliphatic carbocycles. The van der Waals surface area contributed by atoms with Crippen LogP contribution in [0.1, 0.15) is 43.0 Å². The van der Waals surface area contributed by atoms with E-state index >= 15 is 0 Å². The fourth-order valence-electron chi connectivity index (χ4n) is 3.51. The van der Waals surface area contributed by atoms with Gasteiger partial charge >= 0.3 is 0 Å². The molecular formula is C15H24N4O. The van der Waals surface area contributed by atoms with E-state index in [-0.39, 0.29) is 12.0 Å². The minimum absolute atomic E-state index is 0.213. The van der Waals surface area contributed by atoms with Gasteiger partial charge in [0, 0.05) is 12.5 Å². The lowest BCUT2D eigenvalue weighted by Gasteiger charge is -2.33. The summed E-state index contributed by atoms with van der Waals surface area (Å²) in [7, 11) is 2.13. The number of carbonyl (C=O) groups excluding carboxylic acids is 1. The molecule has 0 radical (unpaired) electrons. The molecule has 2 aliphatic rings. The standard InChI is InChI=1S/C15H24N4O/c1-11-10-16-17-14(11)13-4-3-7-19(13)15(20)12-5-8-18(2)9-6-12/h10,12-13H,3-9H2,1-2H3,(H,16,17)/t13-/m1/s1. The molecule has 0 bridgehead atoms. The van der Waals surface area contributed by atoms with E-state index in [0.717, 1.165) is 56.6 Å². The molecule has 0 spiro atoms. The topological polar surface area (TPSA) is 52.2 Å². The second kappa shape index (κ2) is 5.56. The lowest BCUT2D eigenvalue weighted by atomic mass is 9.95. The van der Waals surface area contributed by atoms with Gasteiger partial charge in [0.2, 0.25) is 5.91 Å². The van der Waals surface area contributed by atoms with Crippen LogP contribution in [0.5, 0.6) is 0 Å². The highest BCUT2D eigenvalue weighted by Crippen LogP contribution is 2.34. The first kappa shape index (κ1) is 13.6. The third-order valence-corrected chi connectivity index (χ3v) is 4.80. The van der Waals surface area contributed by atoms with E-state index in [1.165, 1.54) is 0 Å². The predicted octanol–water partition coefficient (Wildman–Crippen LogP) is 1.72. The monoisotopic (exact) mass is 276 g/mol. The zero-order valence-corrected chi connectivity index (χ0v) is 12.4. The highest BCUT2D eigenvalue weighted by molar-refractivity contribution is 5.79. The van der Waals surface area contributed by atoms with E-state index in [9.17, 15) is 4.79 Å². The van der Waals surface area contributed by atoms with E-state index in [1.807, 2.05) is 6.20 Å². The van der Waals surface area contributed by atoms with Gasteiger partial charge in [-0.2, -0.15) is 5.10 Å². The van der Waals surface area contributed by atoms with Crippen LogP contribution in [0.3, 0.4) is 0 Å². The SMILES string of the molecule is Cc1cn[nH]c1[C@H]1CCCN1C(=O)C1CCN(C)CC1. The first-order valence-electron chi connectivity index (χ1n) is 7.65. The molecule has 2 aliphatic heterocycles. The Morgan fingerprint density at radius 2 is 2.05 bits per heavy atom. The van der Waals surface area contributed by atoms with E-state index in [2.05, 4.69) is 34.0 Å². The number of nitrogens with zero attached hydrogens (tertiary/aromatic N) is 3. The van der Waals surface area contributed by atoms with Gasteiger partial charge in [-0.05, 0) is 58.3 Å². The highest BCUT2D eigenvalue weighted by atomic mass is 16.2. The van der Waals surface area contributed by atoms with Crippen LogP contribution in [-0.4, -0.2) is 52.6 Å². The summed E-state index contributed by atoms with van der Waals surface area (Å²) in [5.41, 5.74) is 2.29.